The van der Waals surface area contributed by atoms with Crippen LogP contribution in [0.5, 0.6) is 0 Å². The van der Waals surface area contributed by atoms with Gasteiger partial charge in [0.2, 0.25) is 11.8 Å². The van der Waals surface area contributed by atoms with Crippen molar-refractivity contribution >= 4 is 34.7 Å². The van der Waals surface area contributed by atoms with E-state index in [9.17, 15) is 28.7 Å². The number of fused-ring (bicyclic) bond motifs is 1. The Kier molecular flexibility index (Phi) is 9.85. The van der Waals surface area contributed by atoms with Crippen LogP contribution in [0, 0.1) is 11.7 Å². The summed E-state index contributed by atoms with van der Waals surface area (Å²) in [5.74, 6) is -1.32. The predicted molar refractivity (Wildman–Crippen MR) is 150 cm³/mol. The number of hydrogen-bond donors (Lipinski definition) is 2. The minimum atomic E-state index is -1.22. The van der Waals surface area contributed by atoms with Gasteiger partial charge in [-0.2, -0.15) is 0 Å². The van der Waals surface area contributed by atoms with E-state index in [1.54, 1.807) is 29.0 Å². The molecule has 2 atom stereocenters. The maximum absolute atomic E-state index is 13.9. The molecule has 2 aromatic rings. The van der Waals surface area contributed by atoms with Crippen LogP contribution < -0.4 is 5.32 Å². The van der Waals surface area contributed by atoms with E-state index in [0.29, 0.717) is 50.4 Å². The lowest BCUT2D eigenvalue weighted by Gasteiger charge is -2.39. The monoisotopic (exact) mass is 573 g/mol. The molecule has 12 heteroatoms. The van der Waals surface area contributed by atoms with E-state index < -0.39 is 24.1 Å². The van der Waals surface area contributed by atoms with Gasteiger partial charge < -0.3 is 29.5 Å². The Hall–Kier alpha value is -3.67. The van der Waals surface area contributed by atoms with Crippen LogP contribution in [0.25, 0.3) is 10.9 Å². The standard InChI is InChI=1S/C29H40FN5O6/c1-19(32(2)29(39)40)26(36)31-25(20-7-5-4-6-8-20)28(38)34-13-11-33(12-14-34)27(37)24-18-21-17-22(30)9-10-23(21)35(24)15-16-41-3/h9-10,17-20,25H,4-8,11-16H2,1-3H3,(H,31,36)(H,39,40). The SMILES string of the molecule is COCCn1c(C(=O)N2CCN(C(=O)C(NC(=O)C(C)N(C)C(=O)O)C3CCCCC3)CC2)cc2cc(F)ccc21. The molecule has 4 amide bonds. The lowest BCUT2D eigenvalue weighted by atomic mass is 9.83. The van der Waals surface area contributed by atoms with Gasteiger partial charge in [-0.25, -0.2) is 9.18 Å². The zero-order chi connectivity index (χ0) is 29.7. The molecule has 4 rings (SSSR count). The molecule has 2 fully saturated rings. The Labute approximate surface area is 239 Å². The molecule has 2 heterocycles. The van der Waals surface area contributed by atoms with E-state index in [0.717, 1.165) is 42.5 Å². The average molecular weight is 574 g/mol. The van der Waals surface area contributed by atoms with E-state index in [1.165, 1.54) is 26.1 Å². The minimum Gasteiger partial charge on any atom is -0.465 e. The molecule has 224 valence electrons. The molecule has 41 heavy (non-hydrogen) atoms. The lowest BCUT2D eigenvalue weighted by molar-refractivity contribution is -0.140. The van der Waals surface area contributed by atoms with Crippen LogP contribution in [0.2, 0.25) is 0 Å². The molecule has 11 nitrogen and oxygen atoms in total. The molecule has 2 unspecified atom stereocenters. The van der Waals surface area contributed by atoms with Crippen molar-refractivity contribution in [2.24, 2.45) is 5.92 Å². The number of nitrogens with zero attached hydrogens (tertiary/aromatic N) is 4. The van der Waals surface area contributed by atoms with Gasteiger partial charge in [-0.05, 0) is 49.9 Å². The summed E-state index contributed by atoms with van der Waals surface area (Å²) in [6, 6.07) is 4.42. The van der Waals surface area contributed by atoms with Crippen LogP contribution in [-0.4, -0.2) is 107 Å². The number of aromatic nitrogens is 1. The van der Waals surface area contributed by atoms with Crippen molar-refractivity contribution in [2.75, 3.05) is 46.9 Å². The summed E-state index contributed by atoms with van der Waals surface area (Å²) in [4.78, 5) is 55.9. The lowest BCUT2D eigenvalue weighted by Crippen LogP contribution is -2.59. The highest BCUT2D eigenvalue weighted by atomic mass is 19.1. The molecule has 1 aromatic heterocycles. The summed E-state index contributed by atoms with van der Waals surface area (Å²) in [5.41, 5.74) is 1.18. The quantitative estimate of drug-likeness (QED) is 0.476. The van der Waals surface area contributed by atoms with Gasteiger partial charge in [-0.1, -0.05) is 19.3 Å². The number of carboxylic acid groups (broad SMARTS) is 1. The van der Waals surface area contributed by atoms with Gasteiger partial charge in [0.25, 0.3) is 5.91 Å². The van der Waals surface area contributed by atoms with Gasteiger partial charge in [0.05, 0.1) is 6.61 Å². The second-order valence-electron chi connectivity index (χ2n) is 10.9. The van der Waals surface area contributed by atoms with Crippen molar-refractivity contribution in [3.63, 3.8) is 0 Å². The van der Waals surface area contributed by atoms with E-state index in [-0.39, 0.29) is 23.5 Å². The van der Waals surface area contributed by atoms with Crippen molar-refractivity contribution in [1.82, 2.24) is 24.6 Å². The third-order valence-corrected chi connectivity index (χ3v) is 8.43. The Morgan fingerprint density at radius 3 is 2.37 bits per heavy atom. The van der Waals surface area contributed by atoms with Crippen molar-refractivity contribution < 1.29 is 33.4 Å². The summed E-state index contributed by atoms with van der Waals surface area (Å²) in [6.07, 6.45) is 3.42. The number of piperazine rings is 1. The highest BCUT2D eigenvalue weighted by molar-refractivity contribution is 5.99. The van der Waals surface area contributed by atoms with Crippen molar-refractivity contribution in [3.8, 4) is 0 Å². The topological polar surface area (TPSA) is 124 Å². The van der Waals surface area contributed by atoms with Gasteiger partial charge >= 0.3 is 6.09 Å². The molecule has 0 spiro atoms. The van der Waals surface area contributed by atoms with Gasteiger partial charge in [0, 0.05) is 57.8 Å². The zero-order valence-corrected chi connectivity index (χ0v) is 24.0. The smallest absolute Gasteiger partial charge is 0.407 e. The van der Waals surface area contributed by atoms with Crippen LogP contribution >= 0.6 is 0 Å². The third-order valence-electron chi connectivity index (χ3n) is 8.43. The molecule has 1 aliphatic heterocycles. The second-order valence-corrected chi connectivity index (χ2v) is 10.9. The molecule has 1 aromatic carbocycles. The van der Waals surface area contributed by atoms with Gasteiger partial charge in [-0.15, -0.1) is 0 Å². The predicted octanol–water partition coefficient (Wildman–Crippen LogP) is 2.77. The summed E-state index contributed by atoms with van der Waals surface area (Å²) in [6.45, 7) is 3.56. The van der Waals surface area contributed by atoms with Gasteiger partial charge in [0.15, 0.2) is 0 Å². The first-order valence-corrected chi connectivity index (χ1v) is 14.2. The fourth-order valence-electron chi connectivity index (χ4n) is 5.80. The number of methoxy groups -OCH3 is 1. The number of halogens is 1. The molecule has 1 saturated carbocycles. The number of carbonyl (C=O) groups is 4. The van der Waals surface area contributed by atoms with Crippen LogP contribution in [0.15, 0.2) is 24.3 Å². The summed E-state index contributed by atoms with van der Waals surface area (Å²) < 4.78 is 20.9. The minimum absolute atomic E-state index is 0.0286. The van der Waals surface area contributed by atoms with Crippen molar-refractivity contribution in [1.29, 1.82) is 0 Å². The molecule has 2 N–H and O–H groups in total. The molecule has 2 aliphatic rings. The normalized spacial score (nSPS) is 17.8. The van der Waals surface area contributed by atoms with Crippen LogP contribution in [0.3, 0.4) is 0 Å². The number of carbonyl (C=O) groups excluding carboxylic acids is 3. The number of nitrogens with one attached hydrogen (secondary N) is 1. The number of amides is 4. The van der Waals surface area contributed by atoms with Crippen molar-refractivity contribution in [3.05, 3.63) is 35.8 Å². The largest absolute Gasteiger partial charge is 0.465 e. The molecule has 1 saturated heterocycles. The summed E-state index contributed by atoms with van der Waals surface area (Å²) in [7, 11) is 2.91. The Bertz CT molecular complexity index is 1270. The third kappa shape index (κ3) is 6.80. The number of ether oxygens (including phenoxy) is 1. The highest BCUT2D eigenvalue weighted by Crippen LogP contribution is 2.28. The molecule has 1 aliphatic carbocycles. The molecule has 0 bridgehead atoms. The van der Waals surface area contributed by atoms with Gasteiger partial charge in [0.1, 0.15) is 23.6 Å². The Morgan fingerprint density at radius 2 is 1.73 bits per heavy atom. The molecular weight excluding hydrogens is 533 g/mol. The number of benzene rings is 1. The van der Waals surface area contributed by atoms with E-state index in [4.69, 9.17) is 4.74 Å². The van der Waals surface area contributed by atoms with E-state index in [2.05, 4.69) is 5.32 Å². The first-order valence-electron chi connectivity index (χ1n) is 14.2. The number of rotatable bonds is 9. The zero-order valence-electron chi connectivity index (χ0n) is 24.0. The first-order chi connectivity index (χ1) is 19.6. The second kappa shape index (κ2) is 13.3. The molecular formula is C29H40FN5O6. The average Bonchev–Trinajstić information content (AvgIpc) is 3.34. The number of hydrogen-bond acceptors (Lipinski definition) is 5. The Balaban J connectivity index is 1.46. The maximum atomic E-state index is 13.9. The highest BCUT2D eigenvalue weighted by Gasteiger charge is 2.37. The summed E-state index contributed by atoms with van der Waals surface area (Å²) in [5, 5.41) is 12.8. The number of likely N-dealkylation sites (N-methyl/N-ethyl adjacent to an activating group) is 1. The van der Waals surface area contributed by atoms with Crippen molar-refractivity contribution in [2.45, 2.75) is 57.7 Å². The van der Waals surface area contributed by atoms with Gasteiger partial charge in [-0.3, -0.25) is 19.3 Å². The van der Waals surface area contributed by atoms with E-state index in [1.807, 2.05) is 4.57 Å². The van der Waals surface area contributed by atoms with Crippen LogP contribution in [-0.2, 0) is 20.9 Å². The maximum Gasteiger partial charge on any atom is 0.407 e. The first kappa shape index (κ1) is 30.3. The fraction of sp³-hybridized carbons (Fsp3) is 0.586. The Morgan fingerprint density at radius 1 is 1.07 bits per heavy atom. The summed E-state index contributed by atoms with van der Waals surface area (Å²) >= 11 is 0. The van der Waals surface area contributed by atoms with Crippen LogP contribution in [0.4, 0.5) is 9.18 Å². The fourth-order valence-corrected chi connectivity index (χ4v) is 5.80. The van der Waals surface area contributed by atoms with Crippen LogP contribution in [0.1, 0.15) is 49.5 Å². The molecule has 0 radical (unpaired) electrons. The van der Waals surface area contributed by atoms with E-state index >= 15 is 0 Å².